The lowest BCUT2D eigenvalue weighted by molar-refractivity contribution is -0.0535. The van der Waals surface area contributed by atoms with Gasteiger partial charge in [0, 0.05) is 30.7 Å². The minimum Gasteiger partial charge on any atom is -0.370 e. The van der Waals surface area contributed by atoms with Gasteiger partial charge in [0.25, 0.3) is 0 Å². The van der Waals surface area contributed by atoms with Crippen LogP contribution in [0.15, 0.2) is 18.2 Å². The van der Waals surface area contributed by atoms with Gasteiger partial charge in [-0.3, -0.25) is 4.90 Å². The van der Waals surface area contributed by atoms with E-state index >= 15 is 0 Å². The monoisotopic (exact) mass is 373 g/mol. The zero-order valence-corrected chi connectivity index (χ0v) is 15.0. The van der Waals surface area contributed by atoms with Crippen LogP contribution >= 0.6 is 0 Å². The molecule has 2 unspecified atom stereocenters. The molecule has 2 aliphatic rings. The summed E-state index contributed by atoms with van der Waals surface area (Å²) < 4.78 is 35.4. The van der Waals surface area contributed by atoms with Crippen LogP contribution in [0.3, 0.4) is 0 Å². The van der Waals surface area contributed by atoms with Crippen LogP contribution < -0.4 is 5.73 Å². The van der Waals surface area contributed by atoms with Crippen molar-refractivity contribution >= 4 is 0 Å². The Hall–Kier alpha value is -2.34. The molecule has 8 heteroatoms. The maximum absolute atomic E-state index is 14.1. The van der Waals surface area contributed by atoms with Gasteiger partial charge in [-0.15, -0.1) is 0 Å². The zero-order chi connectivity index (χ0) is 19.1. The number of hydrogen-bond donors (Lipinski definition) is 1. The summed E-state index contributed by atoms with van der Waals surface area (Å²) in [4.78, 5) is 6.79. The molecule has 6 nitrogen and oxygen atoms in total. The van der Waals surface area contributed by atoms with E-state index in [2.05, 4.69) is 16.0 Å². The second-order valence-electron chi connectivity index (χ2n) is 7.17. The van der Waals surface area contributed by atoms with Gasteiger partial charge in [-0.05, 0) is 31.5 Å². The number of nitriles is 1. The average molecular weight is 373 g/mol. The van der Waals surface area contributed by atoms with Crippen LogP contribution in [0.2, 0.25) is 0 Å². The Bertz CT molecular complexity index is 906. The third-order valence-electron chi connectivity index (χ3n) is 5.46. The molecule has 1 aromatic heterocycles. The van der Waals surface area contributed by atoms with Crippen molar-refractivity contribution in [1.29, 1.82) is 5.26 Å². The van der Waals surface area contributed by atoms with Crippen LogP contribution in [0.4, 0.5) is 8.78 Å². The number of nitrogens with two attached hydrogens (primary N) is 1. The van der Waals surface area contributed by atoms with E-state index in [1.54, 1.807) is 0 Å². The molecule has 1 fully saturated rings. The number of rotatable bonds is 3. The van der Waals surface area contributed by atoms with Crippen LogP contribution in [0, 0.1) is 29.9 Å². The predicted octanol–water partition coefficient (Wildman–Crippen LogP) is 2.17. The Morgan fingerprint density at radius 3 is 2.93 bits per heavy atom. The van der Waals surface area contributed by atoms with E-state index in [1.807, 2.05) is 11.5 Å². The van der Waals surface area contributed by atoms with Gasteiger partial charge in [0.15, 0.2) is 0 Å². The molecule has 4 rings (SSSR count). The molecule has 0 aliphatic carbocycles. The van der Waals surface area contributed by atoms with Crippen molar-refractivity contribution in [2.75, 3.05) is 6.61 Å². The molecule has 2 N–H and O–H groups in total. The SMILES string of the molecule is Cc1nc2c(n1CC#N)CN(C1CO[C@H](c3cc(F)ccc3F)C(N)C1)C2. The summed E-state index contributed by atoms with van der Waals surface area (Å²) in [5.74, 6) is -0.163. The Labute approximate surface area is 156 Å². The first-order valence-corrected chi connectivity index (χ1v) is 8.96. The van der Waals surface area contributed by atoms with Crippen LogP contribution in [0.5, 0.6) is 0 Å². The Morgan fingerprint density at radius 1 is 1.37 bits per heavy atom. The first-order chi connectivity index (χ1) is 13.0. The summed E-state index contributed by atoms with van der Waals surface area (Å²) in [5.41, 5.74) is 8.47. The Kier molecular flexibility index (Phi) is 4.68. The summed E-state index contributed by atoms with van der Waals surface area (Å²) >= 11 is 0. The van der Waals surface area contributed by atoms with Gasteiger partial charge in [0.1, 0.15) is 30.1 Å². The van der Waals surface area contributed by atoms with Gasteiger partial charge in [0.05, 0.1) is 24.1 Å². The molecule has 0 bridgehead atoms. The van der Waals surface area contributed by atoms with Crippen LogP contribution in [-0.2, 0) is 24.4 Å². The van der Waals surface area contributed by atoms with E-state index in [-0.39, 0.29) is 18.2 Å². The van der Waals surface area contributed by atoms with E-state index in [0.29, 0.717) is 26.1 Å². The number of halogens is 2. The molecule has 0 saturated carbocycles. The van der Waals surface area contributed by atoms with Crippen LogP contribution in [-0.4, -0.2) is 33.1 Å². The highest BCUT2D eigenvalue weighted by atomic mass is 19.1. The number of fused-ring (bicyclic) bond motifs is 1. The molecule has 142 valence electrons. The summed E-state index contributed by atoms with van der Waals surface area (Å²) in [6, 6.07) is 5.15. The molecule has 0 spiro atoms. The highest BCUT2D eigenvalue weighted by Gasteiger charge is 2.37. The summed E-state index contributed by atoms with van der Waals surface area (Å²) in [6.07, 6.45) is -0.0445. The largest absolute Gasteiger partial charge is 0.370 e. The molecule has 0 amide bonds. The number of hydrogen-bond acceptors (Lipinski definition) is 5. The van der Waals surface area contributed by atoms with Gasteiger partial charge in [-0.1, -0.05) is 0 Å². The standard InChI is InChI=1S/C19H21F2N5O/c1-11-24-17-8-25(9-18(17)26(11)5-4-22)13-7-16(23)19(27-10-13)14-6-12(20)2-3-15(14)21/h2-3,6,13,16,19H,5,7-10,23H2,1H3/t13?,16?,19-/m1/s1. The zero-order valence-electron chi connectivity index (χ0n) is 15.0. The van der Waals surface area contributed by atoms with Crippen LogP contribution in [0.25, 0.3) is 0 Å². The average Bonchev–Trinajstić information content (AvgIpc) is 3.16. The van der Waals surface area contributed by atoms with E-state index in [9.17, 15) is 8.78 Å². The molecule has 1 saturated heterocycles. The molecule has 1 aromatic carbocycles. The maximum atomic E-state index is 14.1. The normalized spacial score (nSPS) is 25.4. The lowest BCUT2D eigenvalue weighted by Crippen LogP contribution is -2.47. The summed E-state index contributed by atoms with van der Waals surface area (Å²) in [6.45, 7) is 3.92. The lowest BCUT2D eigenvalue weighted by atomic mass is 9.93. The third kappa shape index (κ3) is 3.23. The topological polar surface area (TPSA) is 80.1 Å². The second-order valence-corrected chi connectivity index (χ2v) is 7.17. The van der Waals surface area contributed by atoms with Crippen molar-refractivity contribution in [2.45, 2.75) is 51.2 Å². The molecule has 0 radical (unpaired) electrons. The number of aromatic nitrogens is 2. The first-order valence-electron chi connectivity index (χ1n) is 8.96. The molecular formula is C19H21F2N5O. The third-order valence-corrected chi connectivity index (χ3v) is 5.46. The Balaban J connectivity index is 1.46. The van der Waals surface area contributed by atoms with Crippen molar-refractivity contribution in [2.24, 2.45) is 5.73 Å². The highest BCUT2D eigenvalue weighted by molar-refractivity contribution is 5.25. The maximum Gasteiger partial charge on any atom is 0.129 e. The fraction of sp³-hybridized carbons (Fsp3) is 0.474. The lowest BCUT2D eigenvalue weighted by Gasteiger charge is -2.38. The van der Waals surface area contributed by atoms with Gasteiger partial charge in [0.2, 0.25) is 0 Å². The van der Waals surface area contributed by atoms with Crippen molar-refractivity contribution < 1.29 is 13.5 Å². The van der Waals surface area contributed by atoms with Crippen LogP contribution in [0.1, 0.15) is 35.3 Å². The van der Waals surface area contributed by atoms with E-state index < -0.39 is 23.8 Å². The molecule has 3 heterocycles. The molecule has 2 aromatic rings. The first kappa shape index (κ1) is 18.0. The van der Waals surface area contributed by atoms with Crippen molar-refractivity contribution in [3.05, 3.63) is 52.6 Å². The molecule has 27 heavy (non-hydrogen) atoms. The summed E-state index contributed by atoms with van der Waals surface area (Å²) in [7, 11) is 0. The van der Waals surface area contributed by atoms with Gasteiger partial charge in [-0.2, -0.15) is 5.26 Å². The van der Waals surface area contributed by atoms with E-state index in [0.717, 1.165) is 35.4 Å². The van der Waals surface area contributed by atoms with Crippen molar-refractivity contribution in [3.8, 4) is 6.07 Å². The van der Waals surface area contributed by atoms with Gasteiger partial charge >= 0.3 is 0 Å². The number of ether oxygens (including phenoxy) is 1. The fourth-order valence-electron chi connectivity index (χ4n) is 4.11. The molecule has 3 atom stereocenters. The second kappa shape index (κ2) is 7.00. The Morgan fingerprint density at radius 2 is 2.19 bits per heavy atom. The molecule has 2 aliphatic heterocycles. The fourth-order valence-corrected chi connectivity index (χ4v) is 4.11. The number of benzene rings is 1. The summed E-state index contributed by atoms with van der Waals surface area (Å²) in [5, 5.41) is 9.02. The quantitative estimate of drug-likeness (QED) is 0.892. The minimum atomic E-state index is -0.658. The smallest absolute Gasteiger partial charge is 0.129 e. The van der Waals surface area contributed by atoms with E-state index in [1.165, 1.54) is 0 Å². The van der Waals surface area contributed by atoms with Gasteiger partial charge in [-0.25, -0.2) is 13.8 Å². The highest BCUT2D eigenvalue weighted by Crippen LogP contribution is 2.34. The predicted molar refractivity (Wildman–Crippen MR) is 93.3 cm³/mol. The number of nitrogens with zero attached hydrogens (tertiary/aromatic N) is 4. The van der Waals surface area contributed by atoms with E-state index in [4.69, 9.17) is 15.7 Å². The van der Waals surface area contributed by atoms with Crippen molar-refractivity contribution in [3.63, 3.8) is 0 Å². The van der Waals surface area contributed by atoms with Gasteiger partial charge < -0.3 is 15.0 Å². The number of imidazole rings is 1. The molecular weight excluding hydrogens is 352 g/mol. The van der Waals surface area contributed by atoms with Crippen molar-refractivity contribution in [1.82, 2.24) is 14.5 Å². The minimum absolute atomic E-state index is 0.0675. The number of aryl methyl sites for hydroxylation is 1.